The molecule has 0 aromatic heterocycles. The highest BCUT2D eigenvalue weighted by molar-refractivity contribution is 5.41. The molecule has 0 aliphatic carbocycles. The molecule has 20 heavy (non-hydrogen) atoms. The highest BCUT2D eigenvalue weighted by Gasteiger charge is 2.27. The molecule has 2 nitrogen and oxygen atoms in total. The first-order valence-electron chi connectivity index (χ1n) is 7.64. The second kappa shape index (κ2) is 7.47. The lowest BCUT2D eigenvalue weighted by atomic mass is 10.0. The van der Waals surface area contributed by atoms with Crippen molar-refractivity contribution in [3.8, 4) is 11.8 Å². The summed E-state index contributed by atoms with van der Waals surface area (Å²) in [4.78, 5) is 2.59. The Hall–Kier alpha value is -1.30. The largest absolute Gasteiger partial charge is 0.395 e. The summed E-state index contributed by atoms with van der Waals surface area (Å²) in [6.45, 7) is 6.96. The minimum absolute atomic E-state index is 0.136. The van der Waals surface area contributed by atoms with Crippen molar-refractivity contribution in [2.24, 2.45) is 5.92 Å². The SMILES string of the molecule is CC(C)C1CCCN1Cc1ccccc1C#CCCO. The number of hydrogen-bond acceptors (Lipinski definition) is 2. The van der Waals surface area contributed by atoms with E-state index in [1.54, 1.807) is 0 Å². The van der Waals surface area contributed by atoms with Gasteiger partial charge in [0.25, 0.3) is 0 Å². The lowest BCUT2D eigenvalue weighted by Crippen LogP contribution is -2.33. The van der Waals surface area contributed by atoms with Crippen molar-refractivity contribution in [3.63, 3.8) is 0 Å². The lowest BCUT2D eigenvalue weighted by molar-refractivity contribution is 0.198. The molecule has 1 unspecified atom stereocenters. The summed E-state index contributed by atoms with van der Waals surface area (Å²) < 4.78 is 0. The fraction of sp³-hybridized carbons (Fsp3) is 0.556. The van der Waals surface area contributed by atoms with E-state index in [-0.39, 0.29) is 6.61 Å². The van der Waals surface area contributed by atoms with Crippen molar-refractivity contribution in [2.45, 2.75) is 45.7 Å². The summed E-state index contributed by atoms with van der Waals surface area (Å²) in [5, 5.41) is 8.83. The molecule has 1 aromatic rings. The maximum atomic E-state index is 8.83. The number of hydrogen-bond donors (Lipinski definition) is 1. The molecule has 1 heterocycles. The molecule has 1 aliphatic heterocycles. The molecule has 1 N–H and O–H groups in total. The van der Waals surface area contributed by atoms with Crippen LogP contribution < -0.4 is 0 Å². The van der Waals surface area contributed by atoms with Crippen LogP contribution in [0.4, 0.5) is 0 Å². The van der Waals surface area contributed by atoms with E-state index in [1.165, 1.54) is 24.9 Å². The van der Waals surface area contributed by atoms with Crippen molar-refractivity contribution < 1.29 is 5.11 Å². The van der Waals surface area contributed by atoms with Gasteiger partial charge in [-0.3, -0.25) is 4.90 Å². The number of nitrogens with zero attached hydrogens (tertiary/aromatic N) is 1. The Morgan fingerprint density at radius 2 is 2.15 bits per heavy atom. The Labute approximate surface area is 122 Å². The molecule has 1 aliphatic rings. The summed E-state index contributed by atoms with van der Waals surface area (Å²) in [5.41, 5.74) is 2.42. The third-order valence-corrected chi connectivity index (χ3v) is 4.03. The molecular formula is C18H25NO. The molecule has 2 rings (SSSR count). The number of likely N-dealkylation sites (tertiary alicyclic amines) is 1. The third-order valence-electron chi connectivity index (χ3n) is 4.03. The summed E-state index contributed by atoms with van der Waals surface area (Å²) in [6, 6.07) is 9.09. The van der Waals surface area contributed by atoms with Crippen LogP contribution in [-0.4, -0.2) is 29.2 Å². The molecule has 0 spiro atoms. The Balaban J connectivity index is 2.11. The fourth-order valence-electron chi connectivity index (χ4n) is 3.02. The van der Waals surface area contributed by atoms with Crippen LogP contribution >= 0.6 is 0 Å². The molecule has 1 fully saturated rings. The van der Waals surface area contributed by atoms with Crippen LogP contribution in [-0.2, 0) is 6.54 Å². The van der Waals surface area contributed by atoms with Gasteiger partial charge in [-0.15, -0.1) is 0 Å². The van der Waals surface area contributed by atoms with Crippen LogP contribution in [0.2, 0.25) is 0 Å². The van der Waals surface area contributed by atoms with E-state index in [2.05, 4.69) is 48.8 Å². The molecule has 0 saturated carbocycles. The first-order chi connectivity index (χ1) is 9.72. The molecule has 1 aromatic carbocycles. The van der Waals surface area contributed by atoms with Crippen LogP contribution in [0, 0.1) is 17.8 Å². The Kier molecular flexibility index (Phi) is 5.64. The van der Waals surface area contributed by atoms with Crippen molar-refractivity contribution >= 4 is 0 Å². The predicted octanol–water partition coefficient (Wildman–Crippen LogP) is 3.04. The number of aliphatic hydroxyl groups excluding tert-OH is 1. The molecule has 1 atom stereocenters. The number of benzene rings is 1. The van der Waals surface area contributed by atoms with E-state index < -0.39 is 0 Å². The normalized spacial score (nSPS) is 19.1. The van der Waals surface area contributed by atoms with E-state index >= 15 is 0 Å². The molecule has 1 saturated heterocycles. The molecule has 0 amide bonds. The van der Waals surface area contributed by atoms with Gasteiger partial charge in [0, 0.05) is 24.6 Å². The van der Waals surface area contributed by atoms with E-state index in [0.717, 1.165) is 12.1 Å². The van der Waals surface area contributed by atoms with E-state index in [0.29, 0.717) is 18.4 Å². The first-order valence-corrected chi connectivity index (χ1v) is 7.64. The van der Waals surface area contributed by atoms with Crippen LogP contribution in [0.15, 0.2) is 24.3 Å². The lowest BCUT2D eigenvalue weighted by Gasteiger charge is -2.27. The van der Waals surface area contributed by atoms with Gasteiger partial charge in [0.15, 0.2) is 0 Å². The summed E-state index contributed by atoms with van der Waals surface area (Å²) in [5.74, 6) is 6.94. The third kappa shape index (κ3) is 3.85. The molecular weight excluding hydrogens is 246 g/mol. The van der Waals surface area contributed by atoms with Gasteiger partial charge in [-0.2, -0.15) is 0 Å². The maximum Gasteiger partial charge on any atom is 0.0540 e. The zero-order valence-electron chi connectivity index (χ0n) is 12.6. The maximum absolute atomic E-state index is 8.83. The summed E-state index contributed by atoms with van der Waals surface area (Å²) >= 11 is 0. The topological polar surface area (TPSA) is 23.5 Å². The fourth-order valence-corrected chi connectivity index (χ4v) is 3.02. The Morgan fingerprint density at radius 1 is 1.35 bits per heavy atom. The summed E-state index contributed by atoms with van der Waals surface area (Å²) in [6.07, 6.45) is 3.17. The van der Waals surface area contributed by atoms with Gasteiger partial charge in [0.05, 0.1) is 6.61 Å². The quantitative estimate of drug-likeness (QED) is 0.851. The minimum atomic E-state index is 0.136. The second-order valence-electron chi connectivity index (χ2n) is 5.86. The van der Waals surface area contributed by atoms with E-state index in [4.69, 9.17) is 5.11 Å². The van der Waals surface area contributed by atoms with Crippen molar-refractivity contribution in [1.82, 2.24) is 4.90 Å². The zero-order chi connectivity index (χ0) is 14.4. The highest BCUT2D eigenvalue weighted by atomic mass is 16.2. The second-order valence-corrected chi connectivity index (χ2v) is 5.86. The van der Waals surface area contributed by atoms with Gasteiger partial charge >= 0.3 is 0 Å². The van der Waals surface area contributed by atoms with Gasteiger partial charge in [0.2, 0.25) is 0 Å². The van der Waals surface area contributed by atoms with Gasteiger partial charge in [-0.1, -0.05) is 43.9 Å². The smallest absolute Gasteiger partial charge is 0.0540 e. The zero-order valence-corrected chi connectivity index (χ0v) is 12.6. The first kappa shape index (κ1) is 15.1. The van der Waals surface area contributed by atoms with Crippen LogP contribution in [0.25, 0.3) is 0 Å². The number of aliphatic hydroxyl groups is 1. The molecule has 0 radical (unpaired) electrons. The van der Waals surface area contributed by atoms with E-state index in [9.17, 15) is 0 Å². The molecule has 2 heteroatoms. The van der Waals surface area contributed by atoms with Crippen LogP contribution in [0.3, 0.4) is 0 Å². The van der Waals surface area contributed by atoms with Crippen molar-refractivity contribution in [2.75, 3.05) is 13.2 Å². The summed E-state index contributed by atoms with van der Waals surface area (Å²) in [7, 11) is 0. The average molecular weight is 271 g/mol. The van der Waals surface area contributed by atoms with E-state index in [1.807, 2.05) is 6.07 Å². The van der Waals surface area contributed by atoms with Crippen molar-refractivity contribution in [3.05, 3.63) is 35.4 Å². The molecule has 0 bridgehead atoms. The molecule has 108 valence electrons. The average Bonchev–Trinajstić information content (AvgIpc) is 2.89. The standard InChI is InChI=1S/C18H25NO/c1-15(2)18-11-7-12-19(18)14-17-10-4-3-8-16(17)9-5-6-13-20/h3-4,8,10,15,18,20H,6-7,11-14H2,1-2H3. The van der Waals surface area contributed by atoms with Gasteiger partial charge in [0.1, 0.15) is 0 Å². The van der Waals surface area contributed by atoms with Crippen LogP contribution in [0.5, 0.6) is 0 Å². The van der Waals surface area contributed by atoms with Crippen molar-refractivity contribution in [1.29, 1.82) is 0 Å². The number of rotatable bonds is 4. The van der Waals surface area contributed by atoms with Gasteiger partial charge < -0.3 is 5.11 Å². The Morgan fingerprint density at radius 3 is 2.90 bits per heavy atom. The predicted molar refractivity (Wildman–Crippen MR) is 83.3 cm³/mol. The van der Waals surface area contributed by atoms with Gasteiger partial charge in [-0.25, -0.2) is 0 Å². The highest BCUT2D eigenvalue weighted by Crippen LogP contribution is 2.26. The monoisotopic (exact) mass is 271 g/mol. The minimum Gasteiger partial charge on any atom is -0.395 e. The Bertz CT molecular complexity index is 484. The van der Waals surface area contributed by atoms with Gasteiger partial charge in [-0.05, 0) is 36.9 Å². The van der Waals surface area contributed by atoms with Crippen LogP contribution in [0.1, 0.15) is 44.2 Å².